The topological polar surface area (TPSA) is 139 Å². The minimum absolute atomic E-state index is 0.242. The predicted molar refractivity (Wildman–Crippen MR) is 91.1 cm³/mol. The summed E-state index contributed by atoms with van der Waals surface area (Å²) in [6, 6.07) is 5.95. The van der Waals surface area contributed by atoms with E-state index in [1.807, 2.05) is 51.1 Å². The van der Waals surface area contributed by atoms with Gasteiger partial charge in [0.1, 0.15) is 12.1 Å². The van der Waals surface area contributed by atoms with E-state index in [1.165, 1.54) is 0 Å². The van der Waals surface area contributed by atoms with Crippen LogP contribution < -0.4 is 16.8 Å². The molecule has 0 aliphatic carbocycles. The van der Waals surface area contributed by atoms with Crippen LogP contribution in [0.4, 0.5) is 0 Å². The van der Waals surface area contributed by atoms with Crippen molar-refractivity contribution in [3.05, 3.63) is 35.9 Å². The molecule has 1 amide bonds. The molecule has 1 aromatic rings. The van der Waals surface area contributed by atoms with Crippen molar-refractivity contribution < 1.29 is 19.8 Å². The van der Waals surface area contributed by atoms with Gasteiger partial charge in [-0.1, -0.05) is 51.1 Å². The van der Waals surface area contributed by atoms with Crippen molar-refractivity contribution >= 4 is 11.9 Å². The number of nitrogens with two attached hydrogens (primary N) is 2. The highest BCUT2D eigenvalue weighted by Crippen LogP contribution is 2.18. The number of aliphatic hydroxyl groups is 1. The third-order valence-corrected chi connectivity index (χ3v) is 3.91. The Morgan fingerprint density at radius 3 is 2.17 bits per heavy atom. The lowest BCUT2D eigenvalue weighted by Crippen LogP contribution is -2.59. The molecule has 7 N–H and O–H groups in total. The molecular formula is C17H27N3O4. The number of hydrogen-bond acceptors (Lipinski definition) is 5. The summed E-state index contributed by atoms with van der Waals surface area (Å²) < 4.78 is 0. The van der Waals surface area contributed by atoms with Crippen LogP contribution in [0.3, 0.4) is 0 Å². The van der Waals surface area contributed by atoms with Gasteiger partial charge in [-0.3, -0.25) is 9.59 Å². The van der Waals surface area contributed by atoms with E-state index in [2.05, 4.69) is 5.32 Å². The van der Waals surface area contributed by atoms with Crippen LogP contribution >= 0.6 is 0 Å². The van der Waals surface area contributed by atoms with Gasteiger partial charge >= 0.3 is 5.97 Å². The van der Waals surface area contributed by atoms with E-state index in [4.69, 9.17) is 16.6 Å². The van der Waals surface area contributed by atoms with Gasteiger partial charge in [-0.2, -0.15) is 0 Å². The van der Waals surface area contributed by atoms with E-state index in [0.717, 1.165) is 5.56 Å². The number of rotatable bonds is 7. The molecule has 0 radical (unpaired) electrons. The van der Waals surface area contributed by atoms with E-state index >= 15 is 0 Å². The fourth-order valence-corrected chi connectivity index (χ4v) is 2.19. The number of aliphatic hydroxyl groups excluding tert-OH is 1. The van der Waals surface area contributed by atoms with Gasteiger partial charge in [0, 0.05) is 0 Å². The summed E-state index contributed by atoms with van der Waals surface area (Å²) in [5.41, 5.74) is 11.8. The molecule has 3 unspecified atom stereocenters. The summed E-state index contributed by atoms with van der Waals surface area (Å²) in [7, 11) is 0. The third-order valence-electron chi connectivity index (χ3n) is 3.91. The highest BCUT2D eigenvalue weighted by atomic mass is 16.4. The maximum absolute atomic E-state index is 12.4. The molecule has 0 heterocycles. The first kappa shape index (κ1) is 20.1. The molecule has 0 aromatic heterocycles. The number of aliphatic carboxylic acids is 1. The lowest BCUT2D eigenvalue weighted by Gasteiger charge is -2.31. The zero-order valence-corrected chi connectivity index (χ0v) is 14.3. The quantitative estimate of drug-likeness (QED) is 0.469. The molecule has 0 aliphatic rings. The Kier molecular flexibility index (Phi) is 6.89. The second kappa shape index (κ2) is 8.23. The Morgan fingerprint density at radius 2 is 1.71 bits per heavy atom. The highest BCUT2D eigenvalue weighted by Gasteiger charge is 2.34. The Labute approximate surface area is 142 Å². The number of carboxylic acid groups (broad SMARTS) is 1. The molecule has 24 heavy (non-hydrogen) atoms. The molecule has 0 fully saturated rings. The van der Waals surface area contributed by atoms with Crippen molar-refractivity contribution in [2.45, 2.75) is 51.4 Å². The SMILES string of the molecule is CC(C)(C)[C@H](N)C(=O)NC(Cc1ccccc1)C(O)C(N)C(=O)O. The second-order valence-electron chi connectivity index (χ2n) is 7.00. The molecule has 4 atom stereocenters. The fraction of sp³-hybridized carbons (Fsp3) is 0.529. The summed E-state index contributed by atoms with van der Waals surface area (Å²) in [5, 5.41) is 21.9. The molecular weight excluding hydrogens is 310 g/mol. The van der Waals surface area contributed by atoms with Crippen molar-refractivity contribution in [3.63, 3.8) is 0 Å². The normalized spacial score (nSPS) is 16.8. The number of benzene rings is 1. The Hall–Kier alpha value is -1.96. The van der Waals surface area contributed by atoms with E-state index in [1.54, 1.807) is 0 Å². The van der Waals surface area contributed by atoms with E-state index in [9.17, 15) is 14.7 Å². The van der Waals surface area contributed by atoms with Crippen molar-refractivity contribution in [2.75, 3.05) is 0 Å². The Morgan fingerprint density at radius 1 is 1.17 bits per heavy atom. The molecule has 0 saturated carbocycles. The minimum Gasteiger partial charge on any atom is -0.480 e. The van der Waals surface area contributed by atoms with Crippen molar-refractivity contribution in [3.8, 4) is 0 Å². The lowest BCUT2D eigenvalue weighted by atomic mass is 9.86. The van der Waals surface area contributed by atoms with Crippen LogP contribution in [0.1, 0.15) is 26.3 Å². The number of amides is 1. The average Bonchev–Trinajstić information content (AvgIpc) is 2.51. The van der Waals surface area contributed by atoms with Gasteiger partial charge < -0.3 is 27.0 Å². The first-order valence-electron chi connectivity index (χ1n) is 7.80. The van der Waals surface area contributed by atoms with Gasteiger partial charge in [-0.15, -0.1) is 0 Å². The van der Waals surface area contributed by atoms with Gasteiger partial charge in [-0.25, -0.2) is 0 Å². The molecule has 1 rings (SSSR count). The summed E-state index contributed by atoms with van der Waals surface area (Å²) in [4.78, 5) is 23.4. The number of carboxylic acids is 1. The van der Waals surface area contributed by atoms with Crippen LogP contribution in [0, 0.1) is 5.41 Å². The second-order valence-corrected chi connectivity index (χ2v) is 7.00. The molecule has 0 aliphatic heterocycles. The van der Waals surface area contributed by atoms with Crippen LogP contribution in [0.15, 0.2) is 30.3 Å². The number of nitrogens with one attached hydrogen (secondary N) is 1. The smallest absolute Gasteiger partial charge is 0.323 e. The van der Waals surface area contributed by atoms with Gasteiger partial charge in [-0.05, 0) is 17.4 Å². The molecule has 0 spiro atoms. The number of hydrogen-bond donors (Lipinski definition) is 5. The monoisotopic (exact) mass is 337 g/mol. The molecule has 7 nitrogen and oxygen atoms in total. The van der Waals surface area contributed by atoms with Crippen LogP contribution in [0.2, 0.25) is 0 Å². The average molecular weight is 337 g/mol. The van der Waals surface area contributed by atoms with Crippen LogP contribution in [-0.2, 0) is 16.0 Å². The highest BCUT2D eigenvalue weighted by molar-refractivity contribution is 5.83. The van der Waals surface area contributed by atoms with Gasteiger partial charge in [0.05, 0.1) is 12.1 Å². The lowest BCUT2D eigenvalue weighted by molar-refractivity contribution is -0.142. The Bertz CT molecular complexity index is 557. The van der Waals surface area contributed by atoms with Crippen LogP contribution in [0.25, 0.3) is 0 Å². The maximum atomic E-state index is 12.4. The van der Waals surface area contributed by atoms with E-state index in [-0.39, 0.29) is 6.42 Å². The predicted octanol–water partition coefficient (Wildman–Crippen LogP) is -0.140. The largest absolute Gasteiger partial charge is 0.480 e. The molecule has 7 heteroatoms. The van der Waals surface area contributed by atoms with Crippen molar-refractivity contribution in [1.82, 2.24) is 5.32 Å². The summed E-state index contributed by atoms with van der Waals surface area (Å²) in [6.07, 6.45) is -1.20. The molecule has 0 bridgehead atoms. The fourth-order valence-electron chi connectivity index (χ4n) is 2.19. The van der Waals surface area contributed by atoms with Gasteiger partial charge in [0.25, 0.3) is 0 Å². The zero-order chi connectivity index (χ0) is 18.5. The number of carbonyl (C=O) groups is 2. The van der Waals surface area contributed by atoms with Crippen LogP contribution in [-0.4, -0.2) is 46.3 Å². The third kappa shape index (κ3) is 5.59. The Balaban J connectivity index is 2.96. The maximum Gasteiger partial charge on any atom is 0.323 e. The summed E-state index contributed by atoms with van der Waals surface area (Å²) in [6.45, 7) is 5.47. The van der Waals surface area contributed by atoms with Crippen LogP contribution in [0.5, 0.6) is 0 Å². The standard InChI is InChI=1S/C17H27N3O4/c1-17(2,3)14(19)15(22)20-11(13(21)12(18)16(23)24)9-10-7-5-4-6-8-10/h4-8,11-14,21H,9,18-19H2,1-3H3,(H,20,22)(H,23,24)/t11?,12?,13?,14-/m1/s1. The first-order chi connectivity index (χ1) is 11.0. The number of carbonyl (C=O) groups excluding carboxylic acids is 1. The van der Waals surface area contributed by atoms with Crippen molar-refractivity contribution in [2.24, 2.45) is 16.9 Å². The van der Waals surface area contributed by atoms with Gasteiger partial charge in [0.15, 0.2) is 0 Å². The zero-order valence-electron chi connectivity index (χ0n) is 14.3. The van der Waals surface area contributed by atoms with Crippen molar-refractivity contribution in [1.29, 1.82) is 0 Å². The van der Waals surface area contributed by atoms with E-state index in [0.29, 0.717) is 0 Å². The minimum atomic E-state index is -1.51. The molecule has 1 aromatic carbocycles. The first-order valence-corrected chi connectivity index (χ1v) is 7.80. The van der Waals surface area contributed by atoms with Gasteiger partial charge in [0.2, 0.25) is 5.91 Å². The summed E-state index contributed by atoms with van der Waals surface area (Å²) in [5.74, 6) is -1.80. The molecule has 134 valence electrons. The summed E-state index contributed by atoms with van der Waals surface area (Å²) >= 11 is 0. The molecule has 0 saturated heterocycles. The van der Waals surface area contributed by atoms with E-state index < -0.39 is 41.5 Å².